The number of carbonyl (C=O) groups excluding carboxylic acids is 2. The molecule has 2 aliphatic rings. The molecule has 2 N–H and O–H groups in total. The predicted molar refractivity (Wildman–Crippen MR) is 158 cm³/mol. The van der Waals surface area contributed by atoms with Crippen molar-refractivity contribution in [1.29, 1.82) is 0 Å². The molecule has 42 heavy (non-hydrogen) atoms. The van der Waals surface area contributed by atoms with Crippen LogP contribution in [0.25, 0.3) is 0 Å². The zero-order valence-electron chi connectivity index (χ0n) is 22.3. The van der Waals surface area contributed by atoms with E-state index in [0.29, 0.717) is 34.1 Å². The lowest BCUT2D eigenvalue weighted by atomic mass is 10.1. The van der Waals surface area contributed by atoms with Crippen molar-refractivity contribution >= 4 is 73.2 Å². The number of nitrogens with zero attached hydrogens (tertiary/aromatic N) is 2. The van der Waals surface area contributed by atoms with Gasteiger partial charge in [0.2, 0.25) is 0 Å². The summed E-state index contributed by atoms with van der Waals surface area (Å²) in [5, 5.41) is 4.81. The first-order chi connectivity index (χ1) is 19.3. The Morgan fingerprint density at radius 3 is 1.52 bits per heavy atom. The third-order valence-electron chi connectivity index (χ3n) is 6.32. The van der Waals surface area contributed by atoms with Crippen LogP contribution in [0.3, 0.4) is 0 Å². The van der Waals surface area contributed by atoms with Crippen molar-refractivity contribution in [3.63, 3.8) is 0 Å². The number of nitrogens with one attached hydrogen (secondary N) is 2. The highest BCUT2D eigenvalue weighted by atomic mass is 79.9. The summed E-state index contributed by atoms with van der Waals surface area (Å²) in [6.07, 6.45) is -9.28. The topological polar surface area (TPSA) is 82.9 Å². The average molecular weight is 718 g/mol. The molecule has 0 radical (unpaired) electrons. The molecule has 2 aromatic carbocycles. The SMILES string of the molecule is C[C@H](N=C1NC(=O)C(C)(C(F)(F)F)S1)c1ccccc1Br.C[C@H](N=C1NC(=O)C(C)(C(F)(F)F)S1)c1ccccc1Cl. The van der Waals surface area contributed by atoms with Gasteiger partial charge < -0.3 is 10.6 Å². The quantitative estimate of drug-likeness (QED) is 0.314. The zero-order chi connectivity index (χ0) is 31.7. The third-order valence-corrected chi connectivity index (χ3v) is 9.84. The highest BCUT2D eigenvalue weighted by Gasteiger charge is 2.62. The number of amidine groups is 2. The number of carbonyl (C=O) groups is 2. The molecule has 0 aliphatic carbocycles. The van der Waals surface area contributed by atoms with E-state index in [2.05, 4.69) is 36.5 Å². The molecule has 2 fully saturated rings. The molecule has 2 saturated heterocycles. The average Bonchev–Trinajstić information content (AvgIpc) is 3.34. The monoisotopic (exact) mass is 716 g/mol. The number of amides is 2. The summed E-state index contributed by atoms with van der Waals surface area (Å²) >= 11 is 10.2. The number of rotatable bonds is 4. The predicted octanol–water partition coefficient (Wildman–Crippen LogP) is 7.99. The summed E-state index contributed by atoms with van der Waals surface area (Å²) in [4.78, 5) is 31.5. The third kappa shape index (κ3) is 7.28. The van der Waals surface area contributed by atoms with E-state index in [4.69, 9.17) is 11.6 Å². The molecule has 2 unspecified atom stereocenters. The van der Waals surface area contributed by atoms with Crippen LogP contribution in [0.4, 0.5) is 26.3 Å². The van der Waals surface area contributed by atoms with E-state index in [1.165, 1.54) is 0 Å². The number of aliphatic imine (C=N–C) groups is 2. The largest absolute Gasteiger partial charge is 0.412 e. The van der Waals surface area contributed by atoms with E-state index >= 15 is 0 Å². The van der Waals surface area contributed by atoms with E-state index in [1.54, 1.807) is 38.1 Å². The van der Waals surface area contributed by atoms with Gasteiger partial charge in [-0.2, -0.15) is 26.3 Å². The molecular formula is C26H24BrClF6N4O2S2. The molecule has 4 atom stereocenters. The summed E-state index contributed by atoms with van der Waals surface area (Å²) < 4.78 is 73.5. The summed E-state index contributed by atoms with van der Waals surface area (Å²) in [6, 6.07) is 13.4. The van der Waals surface area contributed by atoms with Crippen molar-refractivity contribution in [3.8, 4) is 0 Å². The minimum absolute atomic E-state index is 0.0110. The van der Waals surface area contributed by atoms with Gasteiger partial charge in [-0.05, 0) is 51.0 Å². The number of hydrogen-bond acceptors (Lipinski definition) is 6. The van der Waals surface area contributed by atoms with Crippen LogP contribution in [0, 0.1) is 0 Å². The van der Waals surface area contributed by atoms with E-state index in [0.717, 1.165) is 23.9 Å². The number of halogens is 8. The van der Waals surface area contributed by atoms with Gasteiger partial charge >= 0.3 is 12.4 Å². The van der Waals surface area contributed by atoms with Crippen LogP contribution in [-0.4, -0.2) is 44.0 Å². The van der Waals surface area contributed by atoms with Crippen molar-refractivity contribution in [3.05, 3.63) is 69.2 Å². The fourth-order valence-corrected chi connectivity index (χ4v) is 6.48. The Morgan fingerprint density at radius 2 is 1.14 bits per heavy atom. The maximum atomic E-state index is 12.9. The van der Waals surface area contributed by atoms with Crippen LogP contribution in [0.2, 0.25) is 5.02 Å². The summed E-state index contributed by atoms with van der Waals surface area (Å²) in [6.45, 7) is 5.15. The zero-order valence-corrected chi connectivity index (χ0v) is 26.3. The Bertz CT molecular complexity index is 1320. The molecule has 6 nitrogen and oxygen atoms in total. The Balaban J connectivity index is 0.000000230. The van der Waals surface area contributed by atoms with Crippen LogP contribution in [-0.2, 0) is 9.59 Å². The van der Waals surface area contributed by atoms with Gasteiger partial charge in [0.25, 0.3) is 11.8 Å². The number of thioether (sulfide) groups is 2. The lowest BCUT2D eigenvalue weighted by Gasteiger charge is -2.21. The fraction of sp³-hybridized carbons (Fsp3) is 0.385. The van der Waals surface area contributed by atoms with Gasteiger partial charge in [0.05, 0.1) is 12.1 Å². The molecule has 0 spiro atoms. The summed E-state index contributed by atoms with van der Waals surface area (Å²) in [5.74, 6) is -2.19. The van der Waals surface area contributed by atoms with Gasteiger partial charge in [-0.15, -0.1) is 0 Å². The minimum Gasteiger partial charge on any atom is -0.304 e. The van der Waals surface area contributed by atoms with Gasteiger partial charge in [-0.3, -0.25) is 19.6 Å². The number of benzene rings is 2. The molecular weight excluding hydrogens is 694 g/mol. The second-order valence-electron chi connectivity index (χ2n) is 9.44. The summed E-state index contributed by atoms with van der Waals surface area (Å²) in [5.41, 5.74) is 1.52. The minimum atomic E-state index is -4.65. The first-order valence-corrected chi connectivity index (χ1v) is 14.9. The van der Waals surface area contributed by atoms with Gasteiger partial charge in [-0.1, -0.05) is 87.5 Å². The van der Waals surface area contributed by atoms with Gasteiger partial charge in [0.15, 0.2) is 19.8 Å². The smallest absolute Gasteiger partial charge is 0.304 e. The molecule has 4 rings (SSSR count). The molecule has 2 aromatic rings. The molecule has 0 bridgehead atoms. The Morgan fingerprint density at radius 1 is 0.762 bits per heavy atom. The Hall–Kier alpha value is -2.23. The molecule has 16 heteroatoms. The lowest BCUT2D eigenvalue weighted by molar-refractivity contribution is -0.167. The highest BCUT2D eigenvalue weighted by Crippen LogP contribution is 2.46. The molecule has 2 aliphatic heterocycles. The molecule has 0 aromatic heterocycles. The molecule has 228 valence electrons. The highest BCUT2D eigenvalue weighted by molar-refractivity contribution is 9.10. The van der Waals surface area contributed by atoms with E-state index in [9.17, 15) is 35.9 Å². The normalized spacial score (nSPS) is 26.0. The summed E-state index contributed by atoms with van der Waals surface area (Å²) in [7, 11) is 0. The second kappa shape index (κ2) is 12.8. The van der Waals surface area contributed by atoms with Crippen LogP contribution < -0.4 is 10.6 Å². The van der Waals surface area contributed by atoms with Crippen LogP contribution in [0.15, 0.2) is 63.0 Å². The standard InChI is InChI=1S/C13H12BrF3N2OS.C13H12ClF3N2OS/c2*1-7(8-5-3-4-6-9(8)14)18-11-19-10(20)12(2,21-11)13(15,16)17/h2*3-7H,1-2H3,(H,18,19,20)/t2*7-,12?/m00/s1. The van der Waals surface area contributed by atoms with Gasteiger partial charge in [0.1, 0.15) is 0 Å². The maximum absolute atomic E-state index is 12.9. The van der Waals surface area contributed by atoms with Gasteiger partial charge in [0, 0.05) is 9.50 Å². The van der Waals surface area contributed by atoms with Crippen molar-refractivity contribution in [2.75, 3.05) is 0 Å². The fourth-order valence-electron chi connectivity index (χ4n) is 3.57. The van der Waals surface area contributed by atoms with Crippen LogP contribution in [0.1, 0.15) is 50.9 Å². The first-order valence-electron chi connectivity index (χ1n) is 12.1. The van der Waals surface area contributed by atoms with Crippen LogP contribution >= 0.6 is 51.1 Å². The van der Waals surface area contributed by atoms with E-state index in [-0.39, 0.29) is 16.4 Å². The Kier molecular flexibility index (Phi) is 10.4. The van der Waals surface area contributed by atoms with E-state index in [1.807, 2.05) is 24.3 Å². The van der Waals surface area contributed by atoms with Crippen molar-refractivity contribution in [2.45, 2.75) is 61.6 Å². The maximum Gasteiger partial charge on any atom is 0.412 e. The van der Waals surface area contributed by atoms with Gasteiger partial charge in [-0.25, -0.2) is 0 Å². The first kappa shape index (κ1) is 34.3. The number of hydrogen-bond donors (Lipinski definition) is 2. The number of alkyl halides is 6. The molecule has 0 saturated carbocycles. The van der Waals surface area contributed by atoms with Crippen molar-refractivity contribution in [1.82, 2.24) is 10.6 Å². The molecule has 2 heterocycles. The second-order valence-corrected chi connectivity index (χ2v) is 13.5. The van der Waals surface area contributed by atoms with Crippen molar-refractivity contribution in [2.24, 2.45) is 9.98 Å². The Labute approximate surface area is 259 Å². The molecule has 2 amide bonds. The van der Waals surface area contributed by atoms with Crippen molar-refractivity contribution < 1.29 is 35.9 Å². The van der Waals surface area contributed by atoms with E-state index < -0.39 is 39.7 Å². The van der Waals surface area contributed by atoms with Crippen LogP contribution in [0.5, 0.6) is 0 Å². The lowest BCUT2D eigenvalue weighted by Crippen LogP contribution is -2.46.